The minimum atomic E-state index is 0.744. The molecular weight excluding hydrogens is 328 g/mol. The van der Waals surface area contributed by atoms with Crippen LogP contribution < -0.4 is 0 Å². The first-order valence-corrected chi connectivity index (χ1v) is 9.59. The normalized spacial score (nSPS) is 13.9. The number of rotatable bonds is 3. The number of benzene rings is 1. The Kier molecular flexibility index (Phi) is 3.59. The molecule has 0 unspecified atom stereocenters. The van der Waals surface area contributed by atoms with Gasteiger partial charge in [-0.25, -0.2) is 9.97 Å². The molecule has 0 aliphatic heterocycles. The molecule has 0 saturated heterocycles. The number of hydrogen-bond donors (Lipinski definition) is 0. The summed E-state index contributed by atoms with van der Waals surface area (Å²) in [7, 11) is 0. The van der Waals surface area contributed by atoms with Crippen molar-refractivity contribution >= 4 is 21.4 Å². The summed E-state index contributed by atoms with van der Waals surface area (Å²) in [5, 5.41) is 8.42. The number of nitrogens with zero attached hydrogens (tertiary/aromatic N) is 4. The lowest BCUT2D eigenvalue weighted by Crippen LogP contribution is -2.10. The van der Waals surface area contributed by atoms with Gasteiger partial charge in [-0.05, 0) is 54.1 Å². The molecule has 3 aromatic heterocycles. The fourth-order valence-electron chi connectivity index (χ4n) is 3.74. The van der Waals surface area contributed by atoms with Crippen molar-refractivity contribution in [3.8, 4) is 11.5 Å². The van der Waals surface area contributed by atoms with E-state index < -0.39 is 0 Å². The maximum atomic E-state index is 4.94. The van der Waals surface area contributed by atoms with Crippen LogP contribution in [0.3, 0.4) is 0 Å². The van der Waals surface area contributed by atoms with Crippen LogP contribution in [0.15, 0.2) is 48.1 Å². The van der Waals surface area contributed by atoms with Crippen LogP contribution in [-0.4, -0.2) is 19.7 Å². The molecule has 5 heteroatoms. The van der Waals surface area contributed by atoms with E-state index in [0.717, 1.165) is 30.9 Å². The van der Waals surface area contributed by atoms with Crippen molar-refractivity contribution in [3.63, 3.8) is 0 Å². The van der Waals surface area contributed by atoms with Crippen molar-refractivity contribution in [2.24, 2.45) is 0 Å². The van der Waals surface area contributed by atoms with E-state index in [0.29, 0.717) is 0 Å². The van der Waals surface area contributed by atoms with E-state index in [9.17, 15) is 0 Å². The standard InChI is InChI=1S/C20H18N4S/c1-2-8-17-16(7-1)18(20-21-10-4-11-22-20)23-24(17)13-15-6-3-5-14-9-12-25-19(14)15/h3-6,9-12H,1-2,7-8,13H2. The van der Waals surface area contributed by atoms with Crippen molar-refractivity contribution in [2.45, 2.75) is 32.2 Å². The van der Waals surface area contributed by atoms with Gasteiger partial charge < -0.3 is 0 Å². The Labute approximate surface area is 150 Å². The van der Waals surface area contributed by atoms with E-state index in [2.05, 4.69) is 44.3 Å². The van der Waals surface area contributed by atoms with E-state index in [1.54, 1.807) is 12.4 Å². The quantitative estimate of drug-likeness (QED) is 0.549. The van der Waals surface area contributed by atoms with Crippen LogP contribution >= 0.6 is 11.3 Å². The lowest BCUT2D eigenvalue weighted by Gasteiger charge is -2.14. The average Bonchev–Trinajstić information content (AvgIpc) is 3.28. The molecule has 0 radical (unpaired) electrons. The Hall–Kier alpha value is -2.53. The first kappa shape index (κ1) is 14.8. The average molecular weight is 346 g/mol. The third kappa shape index (κ3) is 2.55. The third-order valence-corrected chi connectivity index (χ3v) is 5.92. The summed E-state index contributed by atoms with van der Waals surface area (Å²) < 4.78 is 3.55. The van der Waals surface area contributed by atoms with Gasteiger partial charge in [-0.1, -0.05) is 18.2 Å². The molecule has 0 spiro atoms. The Morgan fingerprint density at radius 2 is 1.88 bits per heavy atom. The zero-order valence-electron chi connectivity index (χ0n) is 13.9. The molecule has 1 aromatic carbocycles. The summed E-state index contributed by atoms with van der Waals surface area (Å²) in [6.45, 7) is 0.813. The van der Waals surface area contributed by atoms with Gasteiger partial charge in [0.2, 0.25) is 0 Å². The van der Waals surface area contributed by atoms with Crippen LogP contribution in [0, 0.1) is 0 Å². The molecule has 0 amide bonds. The molecule has 0 bridgehead atoms. The number of hydrogen-bond acceptors (Lipinski definition) is 4. The number of aromatic nitrogens is 4. The van der Waals surface area contributed by atoms with Gasteiger partial charge in [-0.2, -0.15) is 5.10 Å². The molecule has 124 valence electrons. The van der Waals surface area contributed by atoms with Gasteiger partial charge in [0.15, 0.2) is 5.82 Å². The Morgan fingerprint density at radius 3 is 2.80 bits per heavy atom. The van der Waals surface area contributed by atoms with Crippen LogP contribution in [-0.2, 0) is 19.4 Å². The minimum absolute atomic E-state index is 0.744. The van der Waals surface area contributed by atoms with E-state index in [4.69, 9.17) is 5.10 Å². The molecule has 1 aliphatic carbocycles. The first-order valence-electron chi connectivity index (χ1n) is 8.71. The van der Waals surface area contributed by atoms with Gasteiger partial charge in [0.05, 0.1) is 6.54 Å². The highest BCUT2D eigenvalue weighted by Crippen LogP contribution is 2.31. The van der Waals surface area contributed by atoms with E-state index in [1.165, 1.54) is 39.7 Å². The molecule has 0 N–H and O–H groups in total. The van der Waals surface area contributed by atoms with Gasteiger partial charge in [0.1, 0.15) is 5.69 Å². The van der Waals surface area contributed by atoms with Crippen molar-refractivity contribution in [1.29, 1.82) is 0 Å². The Bertz CT molecular complexity index is 1030. The summed E-state index contributed by atoms with van der Waals surface area (Å²) in [5.74, 6) is 0.744. The fraction of sp³-hybridized carbons (Fsp3) is 0.250. The van der Waals surface area contributed by atoms with Gasteiger partial charge in [-0.3, -0.25) is 4.68 Å². The van der Waals surface area contributed by atoms with Crippen molar-refractivity contribution in [2.75, 3.05) is 0 Å². The summed E-state index contributed by atoms with van der Waals surface area (Å²) in [6, 6.07) is 10.6. The summed E-state index contributed by atoms with van der Waals surface area (Å²) >= 11 is 1.81. The molecule has 4 aromatic rings. The maximum Gasteiger partial charge on any atom is 0.180 e. The monoisotopic (exact) mass is 346 g/mol. The predicted molar refractivity (Wildman–Crippen MR) is 101 cm³/mol. The molecular formula is C20H18N4S. The highest BCUT2D eigenvalue weighted by Gasteiger charge is 2.23. The second-order valence-corrected chi connectivity index (χ2v) is 7.38. The molecule has 1 aliphatic rings. The Balaban J connectivity index is 1.62. The van der Waals surface area contributed by atoms with Crippen molar-refractivity contribution in [1.82, 2.24) is 19.7 Å². The molecule has 5 rings (SSSR count). The molecule has 0 atom stereocenters. The molecule has 25 heavy (non-hydrogen) atoms. The van der Waals surface area contributed by atoms with Crippen molar-refractivity contribution < 1.29 is 0 Å². The second-order valence-electron chi connectivity index (χ2n) is 6.47. The van der Waals surface area contributed by atoms with Crippen LogP contribution in [0.25, 0.3) is 21.6 Å². The lowest BCUT2D eigenvalue weighted by molar-refractivity contribution is 0.597. The fourth-order valence-corrected chi connectivity index (χ4v) is 4.65. The maximum absolute atomic E-state index is 4.94. The third-order valence-electron chi connectivity index (χ3n) is 4.92. The molecule has 4 nitrogen and oxygen atoms in total. The second kappa shape index (κ2) is 6.08. The van der Waals surface area contributed by atoms with Crippen molar-refractivity contribution in [3.05, 3.63) is 64.9 Å². The van der Waals surface area contributed by atoms with Gasteiger partial charge in [0, 0.05) is 28.4 Å². The molecule has 3 heterocycles. The number of fused-ring (bicyclic) bond motifs is 2. The summed E-state index contributed by atoms with van der Waals surface area (Å²) in [5.41, 5.74) is 5.01. The topological polar surface area (TPSA) is 43.6 Å². The van der Waals surface area contributed by atoms with Gasteiger partial charge in [-0.15, -0.1) is 11.3 Å². The van der Waals surface area contributed by atoms with E-state index in [-0.39, 0.29) is 0 Å². The van der Waals surface area contributed by atoms with Crippen LogP contribution in [0.2, 0.25) is 0 Å². The van der Waals surface area contributed by atoms with Gasteiger partial charge >= 0.3 is 0 Å². The zero-order valence-corrected chi connectivity index (χ0v) is 14.7. The van der Waals surface area contributed by atoms with E-state index in [1.807, 2.05) is 17.4 Å². The van der Waals surface area contributed by atoms with Crippen LogP contribution in [0.1, 0.15) is 29.7 Å². The molecule has 0 fully saturated rings. The zero-order chi connectivity index (χ0) is 16.6. The van der Waals surface area contributed by atoms with E-state index >= 15 is 0 Å². The predicted octanol–water partition coefficient (Wildman–Crippen LogP) is 4.48. The Morgan fingerprint density at radius 1 is 1.00 bits per heavy atom. The highest BCUT2D eigenvalue weighted by atomic mass is 32.1. The molecule has 0 saturated carbocycles. The summed E-state index contributed by atoms with van der Waals surface area (Å²) in [6.07, 6.45) is 8.21. The van der Waals surface area contributed by atoms with Gasteiger partial charge in [0.25, 0.3) is 0 Å². The first-order chi connectivity index (χ1) is 12.4. The largest absolute Gasteiger partial charge is 0.264 e. The van der Waals surface area contributed by atoms with Crippen LogP contribution in [0.4, 0.5) is 0 Å². The summed E-state index contributed by atoms with van der Waals surface area (Å²) in [4.78, 5) is 8.87. The minimum Gasteiger partial charge on any atom is -0.264 e. The number of thiophene rings is 1. The smallest absolute Gasteiger partial charge is 0.180 e. The van der Waals surface area contributed by atoms with Crippen LogP contribution in [0.5, 0.6) is 0 Å². The SMILES string of the molecule is c1cnc(-c2nn(Cc3cccc4ccsc34)c3c2CCCC3)nc1. The highest BCUT2D eigenvalue weighted by molar-refractivity contribution is 7.17. The lowest BCUT2D eigenvalue weighted by atomic mass is 9.95.